The summed E-state index contributed by atoms with van der Waals surface area (Å²) in [4.78, 5) is 17.4. The van der Waals surface area contributed by atoms with E-state index < -0.39 is 10.0 Å². The van der Waals surface area contributed by atoms with Gasteiger partial charge in [-0.3, -0.25) is 14.4 Å². The molecule has 0 bridgehead atoms. The number of likely N-dealkylation sites (N-methyl/N-ethyl adjacent to an activating group) is 1. The van der Waals surface area contributed by atoms with Crippen LogP contribution in [0.4, 0.5) is 11.4 Å². The summed E-state index contributed by atoms with van der Waals surface area (Å²) in [6.45, 7) is 8.60. The first-order valence-electron chi connectivity index (χ1n) is 10.2. The Hall–Kier alpha value is -2.42. The summed E-state index contributed by atoms with van der Waals surface area (Å²) in [7, 11) is -3.40. The highest BCUT2D eigenvalue weighted by Gasteiger charge is 2.15. The zero-order valence-corrected chi connectivity index (χ0v) is 18.4. The van der Waals surface area contributed by atoms with Crippen molar-refractivity contribution in [2.45, 2.75) is 19.9 Å². The molecule has 1 aliphatic heterocycles. The first-order valence-corrected chi connectivity index (χ1v) is 12.1. The fourth-order valence-corrected chi connectivity index (χ4v) is 4.17. The van der Waals surface area contributed by atoms with E-state index in [2.05, 4.69) is 26.8 Å². The molecule has 2 aromatic carbocycles. The number of nitrogens with one attached hydrogen (secondary N) is 2. The standard InChI is InChI=1S/C22H30N4O3S/c1-3-25-12-14-26(15-13-25)17-18-8-10-20(11-9-18)23-22(27)16-19-6-4-5-7-21(19)24-30(2,28)29/h4-11,24H,3,12-17H2,1-2H3,(H,23,27). The SMILES string of the molecule is CCN1CCN(Cc2ccc(NC(=O)Cc3ccccc3NS(C)(=O)=O)cc2)CC1. The van der Waals surface area contributed by atoms with Gasteiger partial charge in [0, 0.05) is 38.4 Å². The Bertz CT molecular complexity index is 953. The molecule has 0 spiro atoms. The van der Waals surface area contributed by atoms with Crippen LogP contribution >= 0.6 is 0 Å². The van der Waals surface area contributed by atoms with E-state index in [4.69, 9.17) is 0 Å². The fourth-order valence-electron chi connectivity index (χ4n) is 3.57. The monoisotopic (exact) mass is 430 g/mol. The highest BCUT2D eigenvalue weighted by molar-refractivity contribution is 7.92. The minimum absolute atomic E-state index is 0.0855. The van der Waals surface area contributed by atoms with Crippen LogP contribution < -0.4 is 10.0 Å². The Morgan fingerprint density at radius 2 is 1.60 bits per heavy atom. The van der Waals surface area contributed by atoms with E-state index in [-0.39, 0.29) is 12.3 Å². The van der Waals surface area contributed by atoms with Crippen molar-refractivity contribution >= 4 is 27.3 Å². The van der Waals surface area contributed by atoms with E-state index in [1.165, 1.54) is 5.56 Å². The number of carbonyl (C=O) groups is 1. The van der Waals surface area contributed by atoms with Gasteiger partial charge < -0.3 is 10.2 Å². The lowest BCUT2D eigenvalue weighted by Crippen LogP contribution is -2.45. The molecule has 8 heteroatoms. The smallest absolute Gasteiger partial charge is 0.229 e. The number of hydrogen-bond donors (Lipinski definition) is 2. The van der Waals surface area contributed by atoms with Gasteiger partial charge in [0.15, 0.2) is 0 Å². The lowest BCUT2D eigenvalue weighted by atomic mass is 10.1. The van der Waals surface area contributed by atoms with Crippen molar-refractivity contribution in [2.24, 2.45) is 0 Å². The van der Waals surface area contributed by atoms with Crippen molar-refractivity contribution in [3.63, 3.8) is 0 Å². The van der Waals surface area contributed by atoms with E-state index in [1.54, 1.807) is 24.3 Å². The van der Waals surface area contributed by atoms with Crippen LogP contribution in [0.25, 0.3) is 0 Å². The van der Waals surface area contributed by atoms with E-state index in [0.717, 1.165) is 51.2 Å². The Balaban J connectivity index is 1.54. The van der Waals surface area contributed by atoms with Gasteiger partial charge in [-0.25, -0.2) is 8.42 Å². The second-order valence-electron chi connectivity index (χ2n) is 7.66. The molecular formula is C22H30N4O3S. The first kappa shape index (κ1) is 22.3. The molecule has 2 N–H and O–H groups in total. The van der Waals surface area contributed by atoms with Crippen molar-refractivity contribution < 1.29 is 13.2 Å². The molecule has 1 amide bonds. The third-order valence-electron chi connectivity index (χ3n) is 5.22. The summed E-state index contributed by atoms with van der Waals surface area (Å²) in [5, 5.41) is 2.89. The predicted octanol–water partition coefficient (Wildman–Crippen LogP) is 2.38. The lowest BCUT2D eigenvalue weighted by molar-refractivity contribution is -0.115. The number of carbonyl (C=O) groups excluding carboxylic acids is 1. The summed E-state index contributed by atoms with van der Waals surface area (Å²) < 4.78 is 25.5. The Kier molecular flexibility index (Phi) is 7.47. The van der Waals surface area contributed by atoms with Gasteiger partial charge in [0.05, 0.1) is 18.4 Å². The molecule has 162 valence electrons. The summed E-state index contributed by atoms with van der Waals surface area (Å²) >= 11 is 0. The van der Waals surface area contributed by atoms with Crippen molar-refractivity contribution in [3.8, 4) is 0 Å². The topological polar surface area (TPSA) is 81.8 Å². The molecule has 1 fully saturated rings. The number of anilines is 2. The summed E-state index contributed by atoms with van der Waals surface area (Å²) in [6.07, 6.45) is 1.18. The quantitative estimate of drug-likeness (QED) is 0.672. The molecule has 1 aliphatic rings. The molecule has 0 saturated carbocycles. The van der Waals surface area contributed by atoms with Crippen LogP contribution in [0.15, 0.2) is 48.5 Å². The molecule has 1 heterocycles. The molecule has 1 saturated heterocycles. The highest BCUT2D eigenvalue weighted by atomic mass is 32.2. The first-order chi connectivity index (χ1) is 14.3. The van der Waals surface area contributed by atoms with Crippen molar-refractivity contribution in [1.82, 2.24) is 9.80 Å². The number of rotatable bonds is 8. The van der Waals surface area contributed by atoms with Crippen LogP contribution in [0.5, 0.6) is 0 Å². The van der Waals surface area contributed by atoms with Gasteiger partial charge in [0.1, 0.15) is 0 Å². The summed E-state index contributed by atoms with van der Waals surface area (Å²) in [5.41, 5.74) is 3.01. The van der Waals surface area contributed by atoms with Gasteiger partial charge in [0.2, 0.25) is 15.9 Å². The highest BCUT2D eigenvalue weighted by Crippen LogP contribution is 2.18. The van der Waals surface area contributed by atoms with Gasteiger partial charge in [-0.05, 0) is 35.9 Å². The number of para-hydroxylation sites is 1. The van der Waals surface area contributed by atoms with Gasteiger partial charge in [-0.1, -0.05) is 37.3 Å². The molecule has 0 aromatic heterocycles. The van der Waals surface area contributed by atoms with E-state index >= 15 is 0 Å². The number of amides is 1. The maximum absolute atomic E-state index is 12.5. The number of nitrogens with zero attached hydrogens (tertiary/aromatic N) is 2. The molecule has 0 atom stereocenters. The molecule has 0 unspecified atom stereocenters. The lowest BCUT2D eigenvalue weighted by Gasteiger charge is -2.34. The minimum Gasteiger partial charge on any atom is -0.326 e. The Labute approximate surface area is 179 Å². The van der Waals surface area contributed by atoms with E-state index in [0.29, 0.717) is 11.3 Å². The maximum Gasteiger partial charge on any atom is 0.229 e. The van der Waals surface area contributed by atoms with Crippen molar-refractivity contribution in [3.05, 3.63) is 59.7 Å². The summed E-state index contributed by atoms with van der Waals surface area (Å²) in [6, 6.07) is 14.8. The average molecular weight is 431 g/mol. The zero-order chi connectivity index (χ0) is 21.6. The number of benzene rings is 2. The van der Waals surface area contributed by atoms with Crippen LogP contribution in [0.3, 0.4) is 0 Å². The molecular weight excluding hydrogens is 400 g/mol. The van der Waals surface area contributed by atoms with Crippen LogP contribution in [-0.4, -0.2) is 63.1 Å². The Morgan fingerprint density at radius 3 is 2.23 bits per heavy atom. The van der Waals surface area contributed by atoms with Crippen LogP contribution in [0.2, 0.25) is 0 Å². The third kappa shape index (κ3) is 6.83. The van der Waals surface area contributed by atoms with Gasteiger partial charge >= 0.3 is 0 Å². The maximum atomic E-state index is 12.5. The molecule has 30 heavy (non-hydrogen) atoms. The fraction of sp³-hybridized carbons (Fsp3) is 0.409. The van der Waals surface area contributed by atoms with E-state index in [9.17, 15) is 13.2 Å². The van der Waals surface area contributed by atoms with Crippen LogP contribution in [0, 0.1) is 0 Å². The second-order valence-corrected chi connectivity index (χ2v) is 9.41. The predicted molar refractivity (Wildman–Crippen MR) is 121 cm³/mol. The number of piperazine rings is 1. The van der Waals surface area contributed by atoms with Gasteiger partial charge in [-0.2, -0.15) is 0 Å². The average Bonchev–Trinajstić information content (AvgIpc) is 2.70. The van der Waals surface area contributed by atoms with Crippen molar-refractivity contribution in [1.29, 1.82) is 0 Å². The third-order valence-corrected chi connectivity index (χ3v) is 5.81. The number of hydrogen-bond acceptors (Lipinski definition) is 5. The molecule has 7 nitrogen and oxygen atoms in total. The van der Waals surface area contributed by atoms with Gasteiger partial charge in [0.25, 0.3) is 0 Å². The molecule has 0 radical (unpaired) electrons. The minimum atomic E-state index is -3.40. The zero-order valence-electron chi connectivity index (χ0n) is 17.6. The molecule has 0 aliphatic carbocycles. The van der Waals surface area contributed by atoms with E-state index in [1.807, 2.05) is 24.3 Å². The second kappa shape index (κ2) is 10.1. The number of sulfonamides is 1. The van der Waals surface area contributed by atoms with Crippen LogP contribution in [0.1, 0.15) is 18.1 Å². The largest absolute Gasteiger partial charge is 0.326 e. The van der Waals surface area contributed by atoms with Gasteiger partial charge in [-0.15, -0.1) is 0 Å². The molecule has 2 aromatic rings. The Morgan fingerprint density at radius 1 is 0.967 bits per heavy atom. The normalized spacial score (nSPS) is 15.7. The molecule has 3 rings (SSSR count). The summed E-state index contributed by atoms with van der Waals surface area (Å²) in [5.74, 6) is -0.193. The van der Waals surface area contributed by atoms with Crippen LogP contribution in [-0.2, 0) is 27.8 Å². The van der Waals surface area contributed by atoms with Crippen molar-refractivity contribution in [2.75, 3.05) is 49.0 Å².